The number of hydrogen-bond donors (Lipinski definition) is 2. The van der Waals surface area contributed by atoms with Crippen LogP contribution in [0.1, 0.15) is 6.42 Å². The van der Waals surface area contributed by atoms with E-state index in [4.69, 9.17) is 16.3 Å². The van der Waals surface area contributed by atoms with Gasteiger partial charge in [-0.15, -0.1) is 6.42 Å². The zero-order valence-electron chi connectivity index (χ0n) is 14.4. The average molecular weight is 389 g/mol. The van der Waals surface area contributed by atoms with Gasteiger partial charge in [0.05, 0.1) is 11.4 Å². The summed E-state index contributed by atoms with van der Waals surface area (Å²) in [6.07, 6.45) is 4.94. The smallest absolute Gasteiger partial charge is 0.322 e. The summed E-state index contributed by atoms with van der Waals surface area (Å²) in [6, 6.07) is 13.1. The number of para-hydroxylation sites is 1. The first-order chi connectivity index (χ1) is 12.9. The van der Waals surface area contributed by atoms with Crippen LogP contribution in [0.5, 0.6) is 11.5 Å². The van der Waals surface area contributed by atoms with Crippen molar-refractivity contribution in [3.05, 3.63) is 54.6 Å². The average Bonchev–Trinajstić information content (AvgIpc) is 2.65. The van der Waals surface area contributed by atoms with Crippen molar-refractivity contribution in [3.63, 3.8) is 0 Å². The van der Waals surface area contributed by atoms with Crippen LogP contribution in [0.15, 0.2) is 59.5 Å². The Morgan fingerprint density at radius 2 is 1.70 bits per heavy atom. The minimum atomic E-state index is -4.18. The van der Waals surface area contributed by atoms with Crippen molar-refractivity contribution in [2.24, 2.45) is 0 Å². The van der Waals surface area contributed by atoms with Gasteiger partial charge in [-0.1, -0.05) is 24.1 Å². The summed E-state index contributed by atoms with van der Waals surface area (Å²) >= 11 is 0. The summed E-state index contributed by atoms with van der Waals surface area (Å²) in [5, 5.41) is 18.4. The van der Waals surface area contributed by atoms with Gasteiger partial charge in [0.15, 0.2) is 0 Å². The van der Waals surface area contributed by atoms with Crippen LogP contribution in [0.25, 0.3) is 0 Å². The maximum Gasteiger partial charge on any atom is 0.322 e. The molecule has 2 aromatic carbocycles. The van der Waals surface area contributed by atoms with Crippen molar-refractivity contribution in [1.82, 2.24) is 4.31 Å². The van der Waals surface area contributed by atoms with E-state index >= 15 is 0 Å². The normalized spacial score (nSPS) is 12.3. The lowest BCUT2D eigenvalue weighted by atomic mass is 10.2. The van der Waals surface area contributed by atoms with Crippen molar-refractivity contribution in [2.45, 2.75) is 17.4 Å². The third-order valence-electron chi connectivity index (χ3n) is 3.69. The highest BCUT2D eigenvalue weighted by Crippen LogP contribution is 2.25. The summed E-state index contributed by atoms with van der Waals surface area (Å²) in [7, 11) is -4.18. The fraction of sp³-hybridized carbons (Fsp3) is 0.211. The maximum atomic E-state index is 12.9. The highest BCUT2D eigenvalue weighted by Gasteiger charge is 2.35. The molecule has 0 aromatic heterocycles. The molecule has 0 bridgehead atoms. The van der Waals surface area contributed by atoms with Crippen molar-refractivity contribution in [3.8, 4) is 23.8 Å². The molecule has 142 valence electrons. The molecule has 0 fully saturated rings. The van der Waals surface area contributed by atoms with Crippen LogP contribution in [-0.4, -0.2) is 48.1 Å². The molecule has 0 saturated heterocycles. The highest BCUT2D eigenvalue weighted by atomic mass is 32.2. The van der Waals surface area contributed by atoms with E-state index in [0.29, 0.717) is 15.8 Å². The standard InChI is InChI=1S/C19H19NO6S/c1-2-13-20(18(12-14-21)19(22)23)27(24,25)17-10-8-16(9-11-17)26-15-6-4-3-5-7-15/h1,3-11,18,21H,12-14H2,(H,22,23). The van der Waals surface area contributed by atoms with E-state index in [2.05, 4.69) is 5.92 Å². The number of aliphatic hydroxyl groups excluding tert-OH is 1. The van der Waals surface area contributed by atoms with Crippen molar-refractivity contribution in [2.75, 3.05) is 13.2 Å². The minimum absolute atomic E-state index is 0.123. The molecule has 2 aromatic rings. The third kappa shape index (κ3) is 5.08. The van der Waals surface area contributed by atoms with E-state index in [0.717, 1.165) is 0 Å². The van der Waals surface area contributed by atoms with Gasteiger partial charge in [-0.05, 0) is 42.8 Å². The van der Waals surface area contributed by atoms with Crippen LogP contribution in [0.3, 0.4) is 0 Å². The van der Waals surface area contributed by atoms with Gasteiger partial charge < -0.3 is 14.9 Å². The SMILES string of the molecule is C#CCN(C(CCO)C(=O)O)S(=O)(=O)c1ccc(Oc2ccccc2)cc1. The molecule has 0 aliphatic rings. The second-order valence-corrected chi connectivity index (χ2v) is 7.40. The van der Waals surface area contributed by atoms with Crippen LogP contribution in [0, 0.1) is 12.3 Å². The molecule has 1 unspecified atom stereocenters. The van der Waals surface area contributed by atoms with Gasteiger partial charge in [-0.25, -0.2) is 8.42 Å². The summed E-state index contributed by atoms with van der Waals surface area (Å²) < 4.78 is 32.0. The zero-order chi connectivity index (χ0) is 19.9. The minimum Gasteiger partial charge on any atom is -0.480 e. The van der Waals surface area contributed by atoms with Gasteiger partial charge in [-0.3, -0.25) is 4.79 Å². The van der Waals surface area contributed by atoms with Crippen molar-refractivity contribution < 1.29 is 28.2 Å². The number of aliphatic hydroxyl groups is 1. The Kier molecular flexibility index (Phi) is 6.96. The lowest BCUT2D eigenvalue weighted by Crippen LogP contribution is -2.45. The molecule has 2 rings (SSSR count). The molecule has 7 nitrogen and oxygen atoms in total. The molecule has 0 spiro atoms. The summed E-state index contributed by atoms with van der Waals surface area (Å²) in [4.78, 5) is 11.3. The molecular weight excluding hydrogens is 370 g/mol. The van der Waals surface area contributed by atoms with Crippen LogP contribution in [0.2, 0.25) is 0 Å². The van der Waals surface area contributed by atoms with Crippen molar-refractivity contribution in [1.29, 1.82) is 0 Å². The Bertz CT molecular complexity index is 903. The van der Waals surface area contributed by atoms with Crippen LogP contribution < -0.4 is 4.74 Å². The number of terminal acetylenes is 1. The van der Waals surface area contributed by atoms with E-state index in [1.165, 1.54) is 24.3 Å². The van der Waals surface area contributed by atoms with E-state index in [-0.39, 0.29) is 11.3 Å². The van der Waals surface area contributed by atoms with Gasteiger partial charge in [-0.2, -0.15) is 4.31 Å². The van der Waals surface area contributed by atoms with Gasteiger partial charge in [0.1, 0.15) is 17.5 Å². The monoisotopic (exact) mass is 389 g/mol. The third-order valence-corrected chi connectivity index (χ3v) is 5.56. The fourth-order valence-corrected chi connectivity index (χ4v) is 3.93. The van der Waals surface area contributed by atoms with Crippen LogP contribution in [0.4, 0.5) is 0 Å². The Hall–Kier alpha value is -2.86. The first kappa shape index (κ1) is 20.5. The molecule has 0 heterocycles. The molecule has 0 aliphatic carbocycles. The molecule has 0 saturated carbocycles. The van der Waals surface area contributed by atoms with E-state index in [1.54, 1.807) is 24.3 Å². The highest BCUT2D eigenvalue weighted by molar-refractivity contribution is 7.89. The molecule has 0 amide bonds. The van der Waals surface area contributed by atoms with Crippen LogP contribution in [-0.2, 0) is 14.8 Å². The number of sulfonamides is 1. The molecule has 0 aliphatic heterocycles. The number of aliphatic carboxylic acids is 1. The molecule has 0 radical (unpaired) electrons. The van der Waals surface area contributed by atoms with Crippen LogP contribution >= 0.6 is 0 Å². The first-order valence-corrected chi connectivity index (χ1v) is 9.46. The number of hydrogen-bond acceptors (Lipinski definition) is 5. The zero-order valence-corrected chi connectivity index (χ0v) is 15.2. The fourth-order valence-electron chi connectivity index (χ4n) is 2.41. The predicted molar refractivity (Wildman–Crippen MR) is 98.8 cm³/mol. The largest absolute Gasteiger partial charge is 0.480 e. The van der Waals surface area contributed by atoms with Crippen molar-refractivity contribution >= 4 is 16.0 Å². The molecule has 27 heavy (non-hydrogen) atoms. The van der Waals surface area contributed by atoms with Gasteiger partial charge >= 0.3 is 5.97 Å². The molecular formula is C19H19NO6S. The van der Waals surface area contributed by atoms with E-state index in [1.807, 2.05) is 6.07 Å². The lowest BCUT2D eigenvalue weighted by molar-refractivity contribution is -0.141. The molecule has 8 heteroatoms. The number of carboxylic acids is 1. The Labute approximate surface area is 157 Å². The molecule has 1 atom stereocenters. The van der Waals surface area contributed by atoms with Gasteiger partial charge in [0, 0.05) is 6.61 Å². The number of carboxylic acid groups (broad SMARTS) is 1. The number of rotatable bonds is 9. The number of carbonyl (C=O) groups is 1. The van der Waals surface area contributed by atoms with Gasteiger partial charge in [0.25, 0.3) is 0 Å². The Morgan fingerprint density at radius 1 is 1.11 bits per heavy atom. The molecule has 2 N–H and O–H groups in total. The topological polar surface area (TPSA) is 104 Å². The van der Waals surface area contributed by atoms with E-state index in [9.17, 15) is 18.3 Å². The maximum absolute atomic E-state index is 12.9. The lowest BCUT2D eigenvalue weighted by Gasteiger charge is -2.26. The quantitative estimate of drug-likeness (QED) is 0.635. The number of nitrogens with zero attached hydrogens (tertiary/aromatic N) is 1. The number of ether oxygens (including phenoxy) is 1. The Morgan fingerprint density at radius 3 is 2.22 bits per heavy atom. The second-order valence-electron chi connectivity index (χ2n) is 5.51. The summed E-state index contributed by atoms with van der Waals surface area (Å²) in [5.74, 6) is 1.79. The first-order valence-electron chi connectivity index (χ1n) is 8.02. The number of benzene rings is 2. The second kappa shape index (κ2) is 9.19. The Balaban J connectivity index is 2.30. The van der Waals surface area contributed by atoms with Gasteiger partial charge in [0.2, 0.25) is 10.0 Å². The predicted octanol–water partition coefficient (Wildman–Crippen LogP) is 1.94. The summed E-state index contributed by atoms with van der Waals surface area (Å²) in [5.41, 5.74) is 0. The van der Waals surface area contributed by atoms with E-state index < -0.39 is 35.2 Å². The summed E-state index contributed by atoms with van der Waals surface area (Å²) in [6.45, 7) is -0.918.